The minimum absolute atomic E-state index is 0.449. The molecule has 1 aromatic heterocycles. The summed E-state index contributed by atoms with van der Waals surface area (Å²) in [5.74, 6) is -0.449. The van der Waals surface area contributed by atoms with Gasteiger partial charge < -0.3 is 0 Å². The highest BCUT2D eigenvalue weighted by Crippen LogP contribution is 2.13. The number of halogens is 2. The molecule has 62 valence electrons. The molecular formula is C4H7F2N5. The summed E-state index contributed by atoms with van der Waals surface area (Å²) in [5, 5.41) is 11.0. The molecule has 0 atom stereocenters. The Morgan fingerprint density at radius 1 is 1.45 bits per heavy atom. The van der Waals surface area contributed by atoms with Crippen molar-refractivity contribution in [3.05, 3.63) is 5.82 Å². The maximum Gasteiger partial charge on any atom is 0.301 e. The topological polar surface area (TPSA) is 46.8 Å². The third-order valence-corrected chi connectivity index (χ3v) is 1.05. The van der Waals surface area contributed by atoms with E-state index in [1.165, 1.54) is 5.01 Å². The van der Waals surface area contributed by atoms with Gasteiger partial charge in [-0.3, -0.25) is 5.01 Å². The molecule has 0 aliphatic heterocycles. The second-order valence-corrected chi connectivity index (χ2v) is 2.07. The van der Waals surface area contributed by atoms with Crippen molar-refractivity contribution in [1.29, 1.82) is 0 Å². The van der Waals surface area contributed by atoms with Gasteiger partial charge in [0.15, 0.2) is 0 Å². The molecule has 0 N–H and O–H groups in total. The highest BCUT2D eigenvalue weighted by molar-refractivity contribution is 4.86. The molecule has 0 saturated carbocycles. The van der Waals surface area contributed by atoms with E-state index in [2.05, 4.69) is 15.5 Å². The van der Waals surface area contributed by atoms with Gasteiger partial charge in [0.1, 0.15) is 0 Å². The summed E-state index contributed by atoms with van der Waals surface area (Å²) in [6, 6.07) is 0. The van der Waals surface area contributed by atoms with Gasteiger partial charge in [0.25, 0.3) is 0 Å². The predicted molar refractivity (Wildman–Crippen MR) is 32.8 cm³/mol. The fourth-order valence-corrected chi connectivity index (χ4v) is 0.605. The van der Waals surface area contributed by atoms with Crippen LogP contribution in [0.3, 0.4) is 0 Å². The Kier molecular flexibility index (Phi) is 1.97. The van der Waals surface area contributed by atoms with Crippen molar-refractivity contribution in [3.8, 4) is 0 Å². The average molecular weight is 163 g/mol. The molecule has 0 unspecified atom stereocenters. The van der Waals surface area contributed by atoms with Crippen LogP contribution in [-0.4, -0.2) is 34.4 Å². The second-order valence-electron chi connectivity index (χ2n) is 2.07. The Morgan fingerprint density at radius 3 is 2.45 bits per heavy atom. The van der Waals surface area contributed by atoms with Crippen LogP contribution in [-0.2, 0) is 0 Å². The molecule has 0 aliphatic rings. The molecule has 5 nitrogen and oxygen atoms in total. The summed E-state index contributed by atoms with van der Waals surface area (Å²) >= 11 is 0. The summed E-state index contributed by atoms with van der Waals surface area (Å²) in [5.41, 5.74) is 0. The minimum Gasteiger partial charge on any atom is -0.300 e. The number of rotatable bonds is 2. The van der Waals surface area contributed by atoms with Crippen molar-refractivity contribution in [3.63, 3.8) is 0 Å². The number of nitrogens with zero attached hydrogens (tertiary/aromatic N) is 5. The van der Waals surface area contributed by atoms with Gasteiger partial charge in [0.2, 0.25) is 5.82 Å². The van der Waals surface area contributed by atoms with Crippen molar-refractivity contribution in [2.45, 2.75) is 6.43 Å². The molecule has 0 radical (unpaired) electrons. The summed E-state index contributed by atoms with van der Waals surface area (Å²) < 4.78 is 24.1. The van der Waals surface area contributed by atoms with Gasteiger partial charge in [-0.25, -0.2) is 8.78 Å². The van der Waals surface area contributed by atoms with Gasteiger partial charge in [-0.2, -0.15) is 0 Å². The summed E-state index contributed by atoms with van der Waals surface area (Å²) in [6.45, 7) is 0. The Hall–Kier alpha value is -1.27. The van der Waals surface area contributed by atoms with Crippen LogP contribution < -0.4 is 5.01 Å². The fraction of sp³-hybridized carbons (Fsp3) is 0.750. The lowest BCUT2D eigenvalue weighted by Gasteiger charge is -2.11. The van der Waals surface area contributed by atoms with Gasteiger partial charge in [-0.1, -0.05) is 0 Å². The monoisotopic (exact) mass is 163 g/mol. The molecule has 0 amide bonds. The maximum atomic E-state index is 12.0. The Morgan fingerprint density at radius 2 is 2.09 bits per heavy atom. The smallest absolute Gasteiger partial charge is 0.300 e. The standard InChI is InChI=1S/C4H7F2N5/c1-10(2)11-4(3(5)6)7-8-9-11/h3H,1-2H3. The summed E-state index contributed by atoms with van der Waals surface area (Å²) in [6.07, 6.45) is -2.65. The van der Waals surface area contributed by atoms with Gasteiger partial charge in [0.05, 0.1) is 0 Å². The number of alkyl halides is 2. The molecule has 1 aromatic rings. The molecule has 0 aliphatic carbocycles. The lowest BCUT2D eigenvalue weighted by molar-refractivity contribution is 0.133. The zero-order valence-electron chi connectivity index (χ0n) is 6.07. The molecule has 11 heavy (non-hydrogen) atoms. The lowest BCUT2D eigenvalue weighted by atomic mass is 10.7. The number of hydrogen-bond acceptors (Lipinski definition) is 4. The van der Waals surface area contributed by atoms with Crippen LogP contribution in [0, 0.1) is 0 Å². The SMILES string of the molecule is CN(C)n1nnnc1C(F)F. The lowest BCUT2D eigenvalue weighted by Crippen LogP contribution is -2.28. The first-order chi connectivity index (χ1) is 5.13. The quantitative estimate of drug-likeness (QED) is 0.606. The Labute approximate surface area is 61.6 Å². The highest BCUT2D eigenvalue weighted by Gasteiger charge is 2.17. The zero-order chi connectivity index (χ0) is 8.43. The molecule has 0 fully saturated rings. The Balaban J connectivity index is 2.96. The van der Waals surface area contributed by atoms with Crippen LogP contribution in [0.5, 0.6) is 0 Å². The number of hydrogen-bond donors (Lipinski definition) is 0. The first-order valence-corrected chi connectivity index (χ1v) is 2.87. The van der Waals surface area contributed by atoms with Crippen molar-refractivity contribution < 1.29 is 8.78 Å². The third kappa shape index (κ3) is 1.41. The highest BCUT2D eigenvalue weighted by atomic mass is 19.3. The summed E-state index contributed by atoms with van der Waals surface area (Å²) in [7, 11) is 3.14. The van der Waals surface area contributed by atoms with E-state index in [1.807, 2.05) is 0 Å². The van der Waals surface area contributed by atoms with Crippen LogP contribution in [0.2, 0.25) is 0 Å². The van der Waals surface area contributed by atoms with E-state index in [0.717, 1.165) is 4.79 Å². The number of aromatic nitrogens is 4. The van der Waals surface area contributed by atoms with Gasteiger partial charge in [0, 0.05) is 14.1 Å². The molecule has 1 heterocycles. The van der Waals surface area contributed by atoms with Gasteiger partial charge in [-0.15, -0.1) is 9.89 Å². The Bertz CT molecular complexity index is 210. The van der Waals surface area contributed by atoms with E-state index in [0.29, 0.717) is 0 Å². The zero-order valence-corrected chi connectivity index (χ0v) is 6.07. The predicted octanol–water partition coefficient (Wildman–Crippen LogP) is -0.192. The normalized spacial score (nSPS) is 10.6. The van der Waals surface area contributed by atoms with Crippen molar-refractivity contribution in [2.75, 3.05) is 19.1 Å². The van der Waals surface area contributed by atoms with Crippen molar-refractivity contribution in [2.24, 2.45) is 0 Å². The van der Waals surface area contributed by atoms with E-state index in [4.69, 9.17) is 0 Å². The molecule has 7 heteroatoms. The first-order valence-electron chi connectivity index (χ1n) is 2.87. The minimum atomic E-state index is -2.65. The van der Waals surface area contributed by atoms with Crippen molar-refractivity contribution >= 4 is 0 Å². The molecular weight excluding hydrogens is 156 g/mol. The van der Waals surface area contributed by atoms with Crippen LogP contribution in [0.1, 0.15) is 12.2 Å². The average Bonchev–Trinajstić information content (AvgIpc) is 2.32. The van der Waals surface area contributed by atoms with Crippen LogP contribution >= 0.6 is 0 Å². The molecule has 0 bridgehead atoms. The largest absolute Gasteiger partial charge is 0.301 e. The van der Waals surface area contributed by atoms with Gasteiger partial charge >= 0.3 is 6.43 Å². The third-order valence-electron chi connectivity index (χ3n) is 1.05. The molecule has 0 aromatic carbocycles. The summed E-state index contributed by atoms with van der Waals surface area (Å²) in [4.78, 5) is 0.935. The van der Waals surface area contributed by atoms with Gasteiger partial charge in [-0.05, 0) is 10.4 Å². The fourth-order valence-electron chi connectivity index (χ4n) is 0.605. The number of tetrazole rings is 1. The first kappa shape index (κ1) is 7.83. The van der Waals surface area contributed by atoms with Crippen LogP contribution in [0.15, 0.2) is 0 Å². The van der Waals surface area contributed by atoms with E-state index in [1.54, 1.807) is 14.1 Å². The van der Waals surface area contributed by atoms with E-state index in [9.17, 15) is 8.78 Å². The van der Waals surface area contributed by atoms with Crippen LogP contribution in [0.4, 0.5) is 8.78 Å². The molecule has 0 spiro atoms. The van der Waals surface area contributed by atoms with Crippen molar-refractivity contribution in [1.82, 2.24) is 20.3 Å². The second kappa shape index (κ2) is 2.77. The molecule has 0 saturated heterocycles. The van der Waals surface area contributed by atoms with E-state index >= 15 is 0 Å². The molecule has 1 rings (SSSR count). The van der Waals surface area contributed by atoms with E-state index < -0.39 is 12.2 Å². The van der Waals surface area contributed by atoms with Crippen LogP contribution in [0.25, 0.3) is 0 Å². The maximum absolute atomic E-state index is 12.0. The van der Waals surface area contributed by atoms with E-state index in [-0.39, 0.29) is 0 Å².